The van der Waals surface area contributed by atoms with Crippen LogP contribution >= 0.6 is 0 Å². The minimum atomic E-state index is -0.686. The molecule has 0 aromatic rings. The maximum absolute atomic E-state index is 11.9. The van der Waals surface area contributed by atoms with Crippen molar-refractivity contribution in [1.29, 1.82) is 0 Å². The highest BCUT2D eigenvalue weighted by Gasteiger charge is 2.24. The summed E-state index contributed by atoms with van der Waals surface area (Å²) < 4.78 is 0. The van der Waals surface area contributed by atoms with Gasteiger partial charge in [0.1, 0.15) is 0 Å². The number of aliphatic carboxylic acids is 1. The van der Waals surface area contributed by atoms with Crippen LogP contribution in [0.4, 0.5) is 0 Å². The van der Waals surface area contributed by atoms with Gasteiger partial charge in [0.2, 0.25) is 5.91 Å². The molecule has 0 unspecified atom stereocenters. The summed E-state index contributed by atoms with van der Waals surface area (Å²) in [4.78, 5) is 22.2. The zero-order valence-electron chi connectivity index (χ0n) is 14.7. The zero-order valence-corrected chi connectivity index (χ0v) is 14.7. The lowest BCUT2D eigenvalue weighted by Gasteiger charge is -2.21. The molecule has 0 aromatic carbocycles. The van der Waals surface area contributed by atoms with Crippen LogP contribution in [0.3, 0.4) is 0 Å². The highest BCUT2D eigenvalue weighted by molar-refractivity contribution is 5.81. The molecule has 0 rings (SSSR count). The Balaban J connectivity index is 3.27. The molecule has 0 aliphatic carbocycles. The number of nitrogens with one attached hydrogen (secondary N) is 1. The van der Waals surface area contributed by atoms with Gasteiger partial charge in [-0.3, -0.25) is 9.59 Å². The SMILES string of the molecule is CCC(C)(C)C(=O)NCCCCCCCCCCCC(=O)O. The topological polar surface area (TPSA) is 66.4 Å². The zero-order chi connectivity index (χ0) is 16.8. The Hall–Kier alpha value is -1.06. The summed E-state index contributed by atoms with van der Waals surface area (Å²) in [5.41, 5.74) is -0.249. The summed E-state index contributed by atoms with van der Waals surface area (Å²) in [7, 11) is 0. The van der Waals surface area contributed by atoms with E-state index in [1.165, 1.54) is 32.1 Å². The Labute approximate surface area is 136 Å². The third-order valence-electron chi connectivity index (χ3n) is 4.35. The fraction of sp³-hybridized carbons (Fsp3) is 0.889. The van der Waals surface area contributed by atoms with Gasteiger partial charge in [0.15, 0.2) is 0 Å². The molecule has 0 radical (unpaired) electrons. The van der Waals surface area contributed by atoms with Crippen molar-refractivity contribution in [2.75, 3.05) is 6.54 Å². The normalized spacial score (nSPS) is 11.4. The largest absolute Gasteiger partial charge is 0.481 e. The number of carbonyl (C=O) groups excluding carboxylic acids is 1. The molecule has 0 bridgehead atoms. The summed E-state index contributed by atoms with van der Waals surface area (Å²) in [5.74, 6) is -0.522. The van der Waals surface area contributed by atoms with Crippen molar-refractivity contribution in [2.24, 2.45) is 5.41 Å². The molecule has 0 saturated carbocycles. The Morgan fingerprint density at radius 2 is 1.32 bits per heavy atom. The molecule has 0 heterocycles. The molecular weight excluding hydrogens is 278 g/mol. The fourth-order valence-corrected chi connectivity index (χ4v) is 2.24. The van der Waals surface area contributed by atoms with E-state index in [9.17, 15) is 9.59 Å². The number of hydrogen-bond acceptors (Lipinski definition) is 2. The molecule has 0 aromatic heterocycles. The van der Waals surface area contributed by atoms with Crippen LogP contribution in [0.15, 0.2) is 0 Å². The first kappa shape index (κ1) is 20.9. The molecule has 130 valence electrons. The number of carboxylic acid groups (broad SMARTS) is 1. The lowest BCUT2D eigenvalue weighted by Crippen LogP contribution is -2.36. The Morgan fingerprint density at radius 1 is 0.864 bits per heavy atom. The molecule has 2 N–H and O–H groups in total. The van der Waals surface area contributed by atoms with Crippen molar-refractivity contribution >= 4 is 11.9 Å². The van der Waals surface area contributed by atoms with Gasteiger partial charge in [0.05, 0.1) is 0 Å². The van der Waals surface area contributed by atoms with Crippen molar-refractivity contribution < 1.29 is 14.7 Å². The van der Waals surface area contributed by atoms with E-state index in [0.717, 1.165) is 38.6 Å². The van der Waals surface area contributed by atoms with Crippen LogP contribution < -0.4 is 5.32 Å². The highest BCUT2D eigenvalue weighted by atomic mass is 16.4. The summed E-state index contributed by atoms with van der Waals surface area (Å²) >= 11 is 0. The molecule has 0 aliphatic rings. The van der Waals surface area contributed by atoms with Crippen LogP contribution in [0.2, 0.25) is 0 Å². The molecule has 0 atom stereocenters. The van der Waals surface area contributed by atoms with Gasteiger partial charge in [-0.2, -0.15) is 0 Å². The fourth-order valence-electron chi connectivity index (χ4n) is 2.24. The molecule has 4 nitrogen and oxygen atoms in total. The second-order valence-electron chi connectivity index (χ2n) is 6.82. The van der Waals surface area contributed by atoms with E-state index in [2.05, 4.69) is 5.32 Å². The van der Waals surface area contributed by atoms with E-state index >= 15 is 0 Å². The number of amides is 1. The Morgan fingerprint density at radius 3 is 1.77 bits per heavy atom. The molecule has 4 heteroatoms. The average Bonchev–Trinajstić information content (AvgIpc) is 2.47. The van der Waals surface area contributed by atoms with Gasteiger partial charge in [-0.1, -0.05) is 65.7 Å². The second-order valence-corrected chi connectivity index (χ2v) is 6.82. The predicted molar refractivity (Wildman–Crippen MR) is 90.9 cm³/mol. The Bertz CT molecular complexity index is 313. The van der Waals surface area contributed by atoms with Crippen molar-refractivity contribution in [3.8, 4) is 0 Å². The molecule has 22 heavy (non-hydrogen) atoms. The average molecular weight is 313 g/mol. The molecule has 0 fully saturated rings. The summed E-state index contributed by atoms with van der Waals surface area (Å²) in [6, 6.07) is 0. The van der Waals surface area contributed by atoms with Gasteiger partial charge in [0, 0.05) is 18.4 Å². The molecular formula is C18H35NO3. The van der Waals surface area contributed by atoms with Crippen molar-refractivity contribution in [1.82, 2.24) is 5.32 Å². The minimum absolute atomic E-state index is 0.163. The van der Waals surface area contributed by atoms with Gasteiger partial charge in [-0.15, -0.1) is 0 Å². The van der Waals surface area contributed by atoms with Crippen molar-refractivity contribution in [3.63, 3.8) is 0 Å². The molecule has 0 spiro atoms. The van der Waals surface area contributed by atoms with Crippen molar-refractivity contribution in [3.05, 3.63) is 0 Å². The minimum Gasteiger partial charge on any atom is -0.481 e. The first-order valence-corrected chi connectivity index (χ1v) is 8.90. The van der Waals surface area contributed by atoms with Gasteiger partial charge < -0.3 is 10.4 Å². The number of hydrogen-bond donors (Lipinski definition) is 2. The van der Waals surface area contributed by atoms with Crippen LogP contribution in [0, 0.1) is 5.41 Å². The quantitative estimate of drug-likeness (QED) is 0.463. The third-order valence-corrected chi connectivity index (χ3v) is 4.35. The van der Waals surface area contributed by atoms with E-state index in [1.54, 1.807) is 0 Å². The van der Waals surface area contributed by atoms with E-state index in [-0.39, 0.29) is 11.3 Å². The lowest BCUT2D eigenvalue weighted by molar-refractivity contribution is -0.137. The van der Waals surface area contributed by atoms with Gasteiger partial charge >= 0.3 is 5.97 Å². The van der Waals surface area contributed by atoms with E-state index < -0.39 is 5.97 Å². The Kier molecular flexibility index (Phi) is 11.9. The predicted octanol–water partition coefficient (Wildman–Crippen LogP) is 4.52. The summed E-state index contributed by atoms with van der Waals surface area (Å²) in [6.07, 6.45) is 11.3. The van der Waals surface area contributed by atoms with Crippen LogP contribution in [0.1, 0.15) is 91.4 Å². The van der Waals surface area contributed by atoms with Gasteiger partial charge in [-0.25, -0.2) is 0 Å². The summed E-state index contributed by atoms with van der Waals surface area (Å²) in [5, 5.41) is 11.5. The monoisotopic (exact) mass is 313 g/mol. The van der Waals surface area contributed by atoms with Gasteiger partial charge in [-0.05, 0) is 19.3 Å². The third kappa shape index (κ3) is 11.6. The van der Waals surface area contributed by atoms with E-state index in [0.29, 0.717) is 6.42 Å². The van der Waals surface area contributed by atoms with Crippen LogP contribution in [-0.2, 0) is 9.59 Å². The van der Waals surface area contributed by atoms with Crippen LogP contribution in [0.5, 0.6) is 0 Å². The number of unbranched alkanes of at least 4 members (excludes halogenated alkanes) is 8. The van der Waals surface area contributed by atoms with E-state index in [1.807, 2.05) is 20.8 Å². The lowest BCUT2D eigenvalue weighted by atomic mass is 9.89. The second kappa shape index (κ2) is 12.5. The number of carboxylic acids is 1. The first-order valence-electron chi connectivity index (χ1n) is 8.90. The first-order chi connectivity index (χ1) is 10.4. The van der Waals surface area contributed by atoms with Crippen LogP contribution in [0.25, 0.3) is 0 Å². The molecule has 0 saturated heterocycles. The maximum atomic E-state index is 11.9. The maximum Gasteiger partial charge on any atom is 0.303 e. The van der Waals surface area contributed by atoms with Crippen LogP contribution in [-0.4, -0.2) is 23.5 Å². The standard InChI is InChI=1S/C18H35NO3/c1-4-18(2,3)17(22)19-15-13-11-9-7-5-6-8-10-12-14-16(20)21/h4-15H2,1-3H3,(H,19,22)(H,20,21). The smallest absolute Gasteiger partial charge is 0.303 e. The summed E-state index contributed by atoms with van der Waals surface area (Å²) in [6.45, 7) is 6.80. The molecule has 1 amide bonds. The van der Waals surface area contributed by atoms with Gasteiger partial charge in [0.25, 0.3) is 0 Å². The number of rotatable bonds is 14. The van der Waals surface area contributed by atoms with Crippen molar-refractivity contribution in [2.45, 2.75) is 91.4 Å². The highest BCUT2D eigenvalue weighted by Crippen LogP contribution is 2.19. The number of carbonyl (C=O) groups is 2. The van der Waals surface area contributed by atoms with E-state index in [4.69, 9.17) is 5.11 Å². The molecule has 0 aliphatic heterocycles.